The van der Waals surface area contributed by atoms with Crippen molar-refractivity contribution in [2.75, 3.05) is 18.0 Å². The summed E-state index contributed by atoms with van der Waals surface area (Å²) in [6, 6.07) is 18.5. The summed E-state index contributed by atoms with van der Waals surface area (Å²) in [5.41, 5.74) is 7.07. The predicted octanol–water partition coefficient (Wildman–Crippen LogP) is 6.24. The lowest BCUT2D eigenvalue weighted by Gasteiger charge is -2.18. The number of halogens is 2. The van der Waals surface area contributed by atoms with E-state index in [-0.39, 0.29) is 12.5 Å². The number of amides is 1. The molecule has 5 nitrogen and oxygen atoms in total. The summed E-state index contributed by atoms with van der Waals surface area (Å²) in [4.78, 5) is 15.1. The molecule has 0 aromatic heterocycles. The molecule has 7 heteroatoms. The van der Waals surface area contributed by atoms with Crippen LogP contribution in [-0.2, 0) is 6.61 Å². The predicted molar refractivity (Wildman–Crippen MR) is 135 cm³/mol. The van der Waals surface area contributed by atoms with Gasteiger partial charge in [-0.15, -0.1) is 0 Å². The molecule has 1 aliphatic rings. The molecule has 33 heavy (non-hydrogen) atoms. The minimum Gasteiger partial charge on any atom is -0.488 e. The fourth-order valence-corrected chi connectivity index (χ4v) is 4.23. The van der Waals surface area contributed by atoms with Crippen molar-refractivity contribution in [1.82, 2.24) is 5.43 Å². The normalized spacial score (nSPS) is 13.5. The molecule has 1 amide bonds. The van der Waals surface area contributed by atoms with Crippen LogP contribution in [0.2, 0.25) is 10.0 Å². The van der Waals surface area contributed by atoms with Crippen LogP contribution in [0.5, 0.6) is 5.75 Å². The zero-order valence-electron chi connectivity index (χ0n) is 18.4. The molecule has 1 heterocycles. The second-order valence-electron chi connectivity index (χ2n) is 7.95. The molecule has 0 spiro atoms. The van der Waals surface area contributed by atoms with Gasteiger partial charge >= 0.3 is 0 Å². The monoisotopic (exact) mass is 481 g/mol. The number of nitrogens with one attached hydrogen (secondary N) is 1. The second-order valence-corrected chi connectivity index (χ2v) is 8.80. The van der Waals surface area contributed by atoms with Crippen LogP contribution in [0.25, 0.3) is 0 Å². The van der Waals surface area contributed by atoms with Crippen LogP contribution in [0, 0.1) is 6.92 Å². The number of rotatable bonds is 7. The van der Waals surface area contributed by atoms with Crippen LogP contribution in [0.15, 0.2) is 65.8 Å². The number of ether oxygens (including phenoxy) is 1. The van der Waals surface area contributed by atoms with Crippen molar-refractivity contribution in [3.8, 4) is 5.75 Å². The molecule has 1 N–H and O–H groups in total. The van der Waals surface area contributed by atoms with Crippen molar-refractivity contribution >= 4 is 41.0 Å². The standard InChI is InChI=1S/C26H25Cl2N3O2/c1-18-14-22(31-12-4-5-13-31)11-9-19(18)16-29-30-26(32)23-6-2-3-7-25(23)33-17-20-8-10-21(27)15-24(20)28/h2-3,6-11,14-16H,4-5,12-13,17H2,1H3,(H,30,32)/b29-16+. The Bertz CT molecular complexity index is 1170. The van der Waals surface area contributed by atoms with E-state index in [1.807, 2.05) is 19.1 Å². The Kier molecular flexibility index (Phi) is 7.53. The van der Waals surface area contributed by atoms with Gasteiger partial charge in [0.25, 0.3) is 5.91 Å². The fourth-order valence-electron chi connectivity index (χ4n) is 3.77. The summed E-state index contributed by atoms with van der Waals surface area (Å²) in [5.74, 6) is 0.0951. The minimum absolute atomic E-state index is 0.214. The van der Waals surface area contributed by atoms with Crippen molar-refractivity contribution in [2.45, 2.75) is 26.4 Å². The molecule has 0 unspecified atom stereocenters. The first-order valence-electron chi connectivity index (χ1n) is 10.9. The van der Waals surface area contributed by atoms with Gasteiger partial charge in [0.15, 0.2) is 0 Å². The highest BCUT2D eigenvalue weighted by atomic mass is 35.5. The van der Waals surface area contributed by atoms with Gasteiger partial charge in [-0.05, 0) is 67.3 Å². The van der Waals surface area contributed by atoms with E-state index in [0.717, 1.165) is 29.8 Å². The highest BCUT2D eigenvalue weighted by Crippen LogP contribution is 2.25. The van der Waals surface area contributed by atoms with Crippen LogP contribution in [0.3, 0.4) is 0 Å². The maximum Gasteiger partial charge on any atom is 0.275 e. The van der Waals surface area contributed by atoms with Gasteiger partial charge in [0.1, 0.15) is 12.4 Å². The molecular weight excluding hydrogens is 457 g/mol. The lowest BCUT2D eigenvalue weighted by Crippen LogP contribution is -2.19. The number of aryl methyl sites for hydroxylation is 1. The Hall–Kier alpha value is -3.02. The van der Waals surface area contributed by atoms with E-state index in [4.69, 9.17) is 27.9 Å². The Morgan fingerprint density at radius 1 is 1.09 bits per heavy atom. The zero-order chi connectivity index (χ0) is 23.2. The van der Waals surface area contributed by atoms with Gasteiger partial charge in [-0.25, -0.2) is 5.43 Å². The Balaban J connectivity index is 1.40. The summed E-state index contributed by atoms with van der Waals surface area (Å²) in [5, 5.41) is 5.23. The summed E-state index contributed by atoms with van der Waals surface area (Å²) in [6.45, 7) is 4.48. The molecular formula is C26H25Cl2N3O2. The summed E-state index contributed by atoms with van der Waals surface area (Å²) in [6.07, 6.45) is 4.15. The quantitative estimate of drug-likeness (QED) is 0.320. The Labute approximate surface area is 204 Å². The lowest BCUT2D eigenvalue weighted by molar-refractivity contribution is 0.0950. The van der Waals surface area contributed by atoms with Crippen LogP contribution in [0.1, 0.15) is 39.9 Å². The smallest absolute Gasteiger partial charge is 0.275 e. The van der Waals surface area contributed by atoms with E-state index in [1.54, 1.807) is 42.6 Å². The van der Waals surface area contributed by atoms with E-state index in [9.17, 15) is 4.79 Å². The van der Waals surface area contributed by atoms with E-state index in [2.05, 4.69) is 27.6 Å². The van der Waals surface area contributed by atoms with Crippen LogP contribution in [0.4, 0.5) is 5.69 Å². The van der Waals surface area contributed by atoms with Crippen LogP contribution < -0.4 is 15.1 Å². The number of para-hydroxylation sites is 1. The van der Waals surface area contributed by atoms with Crippen molar-refractivity contribution in [2.24, 2.45) is 5.10 Å². The molecule has 1 fully saturated rings. The highest BCUT2D eigenvalue weighted by Gasteiger charge is 2.14. The van der Waals surface area contributed by atoms with Crippen LogP contribution in [-0.4, -0.2) is 25.2 Å². The molecule has 1 aliphatic heterocycles. The fraction of sp³-hybridized carbons (Fsp3) is 0.231. The van der Waals surface area contributed by atoms with E-state index < -0.39 is 0 Å². The zero-order valence-corrected chi connectivity index (χ0v) is 19.9. The maximum absolute atomic E-state index is 12.7. The minimum atomic E-state index is -0.351. The van der Waals surface area contributed by atoms with Gasteiger partial charge in [0.2, 0.25) is 0 Å². The van der Waals surface area contributed by atoms with Crippen molar-refractivity contribution < 1.29 is 9.53 Å². The number of hydrazone groups is 1. The molecule has 170 valence electrons. The molecule has 3 aromatic rings. The first-order chi connectivity index (χ1) is 16.0. The van der Waals surface area contributed by atoms with Gasteiger partial charge in [-0.1, -0.05) is 47.5 Å². The van der Waals surface area contributed by atoms with Crippen molar-refractivity contribution in [3.05, 3.63) is 93.0 Å². The number of hydrogen-bond acceptors (Lipinski definition) is 4. The molecule has 0 bridgehead atoms. The second kappa shape index (κ2) is 10.7. The first-order valence-corrected chi connectivity index (χ1v) is 11.6. The van der Waals surface area contributed by atoms with Gasteiger partial charge < -0.3 is 9.64 Å². The summed E-state index contributed by atoms with van der Waals surface area (Å²) < 4.78 is 5.87. The number of carbonyl (C=O) groups is 1. The average molecular weight is 482 g/mol. The Morgan fingerprint density at radius 2 is 1.88 bits per heavy atom. The molecule has 0 radical (unpaired) electrons. The summed E-state index contributed by atoms with van der Waals surface area (Å²) in [7, 11) is 0. The molecule has 3 aromatic carbocycles. The first kappa shape index (κ1) is 23.1. The highest BCUT2D eigenvalue weighted by molar-refractivity contribution is 6.35. The largest absolute Gasteiger partial charge is 0.488 e. The Morgan fingerprint density at radius 3 is 2.64 bits per heavy atom. The van der Waals surface area contributed by atoms with Gasteiger partial charge in [-0.3, -0.25) is 4.79 Å². The van der Waals surface area contributed by atoms with Crippen LogP contribution >= 0.6 is 23.2 Å². The number of anilines is 1. The summed E-state index contributed by atoms with van der Waals surface area (Å²) >= 11 is 12.2. The van der Waals surface area contributed by atoms with Crippen molar-refractivity contribution in [1.29, 1.82) is 0 Å². The molecule has 0 aliphatic carbocycles. The number of benzene rings is 3. The average Bonchev–Trinajstić information content (AvgIpc) is 3.35. The third-order valence-corrected chi connectivity index (χ3v) is 6.21. The topological polar surface area (TPSA) is 53.9 Å². The third-order valence-electron chi connectivity index (χ3n) is 5.62. The lowest BCUT2D eigenvalue weighted by atomic mass is 10.1. The maximum atomic E-state index is 12.7. The van der Waals surface area contributed by atoms with E-state index >= 15 is 0 Å². The third kappa shape index (κ3) is 5.86. The number of hydrogen-bond donors (Lipinski definition) is 1. The van der Waals surface area contributed by atoms with Gasteiger partial charge in [0, 0.05) is 34.4 Å². The van der Waals surface area contributed by atoms with Gasteiger partial charge in [0.05, 0.1) is 11.8 Å². The molecule has 0 atom stereocenters. The molecule has 1 saturated heterocycles. The van der Waals surface area contributed by atoms with E-state index in [1.165, 1.54) is 18.5 Å². The SMILES string of the molecule is Cc1cc(N2CCCC2)ccc1/C=N/NC(=O)c1ccccc1OCc1ccc(Cl)cc1Cl. The van der Waals surface area contributed by atoms with E-state index in [0.29, 0.717) is 21.4 Å². The number of nitrogens with zero attached hydrogens (tertiary/aromatic N) is 2. The van der Waals surface area contributed by atoms with Gasteiger partial charge in [-0.2, -0.15) is 5.10 Å². The van der Waals surface area contributed by atoms with Crippen molar-refractivity contribution in [3.63, 3.8) is 0 Å². The number of carbonyl (C=O) groups excluding carboxylic acids is 1. The molecule has 0 saturated carbocycles. The molecule has 4 rings (SSSR count).